The van der Waals surface area contributed by atoms with Gasteiger partial charge in [-0.25, -0.2) is 0 Å². The highest BCUT2D eigenvalue weighted by molar-refractivity contribution is 9.10. The van der Waals surface area contributed by atoms with Gasteiger partial charge in [-0.1, -0.05) is 51.3 Å². The zero-order valence-electron chi connectivity index (χ0n) is 10.9. The minimum Gasteiger partial charge on any atom is -0.325 e. The first kappa shape index (κ1) is 16.7. The summed E-state index contributed by atoms with van der Waals surface area (Å²) < 4.78 is 1.05. The van der Waals surface area contributed by atoms with Crippen molar-refractivity contribution in [3.63, 3.8) is 0 Å². The van der Waals surface area contributed by atoms with Gasteiger partial charge in [-0.3, -0.25) is 4.79 Å². The summed E-state index contributed by atoms with van der Waals surface area (Å²) in [5.74, 6) is 1.09. The fraction of sp³-hybridized carbons (Fsp3) is 0.133. The predicted octanol–water partition coefficient (Wildman–Crippen LogP) is 5.63. The Balaban J connectivity index is 1.80. The van der Waals surface area contributed by atoms with E-state index in [4.69, 9.17) is 23.2 Å². The second kappa shape index (κ2) is 8.08. The fourth-order valence-electron chi connectivity index (χ4n) is 1.67. The molecule has 0 saturated heterocycles. The van der Waals surface area contributed by atoms with Crippen molar-refractivity contribution in [2.24, 2.45) is 0 Å². The van der Waals surface area contributed by atoms with Crippen molar-refractivity contribution in [3.05, 3.63) is 62.5 Å². The molecule has 0 radical (unpaired) electrons. The third-order valence-electron chi connectivity index (χ3n) is 2.56. The molecule has 0 bridgehead atoms. The van der Waals surface area contributed by atoms with Crippen LogP contribution in [0.4, 0.5) is 5.69 Å². The maximum Gasteiger partial charge on any atom is 0.234 e. The van der Waals surface area contributed by atoms with Crippen molar-refractivity contribution in [1.29, 1.82) is 0 Å². The first-order valence-electron chi connectivity index (χ1n) is 6.11. The number of anilines is 1. The minimum absolute atomic E-state index is 0.0737. The number of thioether (sulfide) groups is 1. The van der Waals surface area contributed by atoms with E-state index in [0.29, 0.717) is 21.5 Å². The molecular formula is C15H12BrCl2NOS. The SMILES string of the molecule is O=C(CSCc1ccc(Br)cc1)Nc1cc(Cl)cc(Cl)c1. The highest BCUT2D eigenvalue weighted by Crippen LogP contribution is 2.23. The van der Waals surface area contributed by atoms with Gasteiger partial charge in [0.2, 0.25) is 5.91 Å². The molecule has 0 spiro atoms. The molecule has 0 saturated carbocycles. The van der Waals surface area contributed by atoms with Gasteiger partial charge in [0.15, 0.2) is 0 Å². The molecule has 0 atom stereocenters. The van der Waals surface area contributed by atoms with Crippen LogP contribution in [0.5, 0.6) is 0 Å². The van der Waals surface area contributed by atoms with E-state index in [1.54, 1.807) is 30.0 Å². The lowest BCUT2D eigenvalue weighted by Gasteiger charge is -2.06. The number of halogens is 3. The van der Waals surface area contributed by atoms with Crippen molar-refractivity contribution in [2.45, 2.75) is 5.75 Å². The molecular weight excluding hydrogens is 393 g/mol. The van der Waals surface area contributed by atoms with Crippen LogP contribution in [-0.4, -0.2) is 11.7 Å². The summed E-state index contributed by atoms with van der Waals surface area (Å²) in [7, 11) is 0. The Kier molecular flexibility index (Phi) is 6.42. The van der Waals surface area contributed by atoms with E-state index < -0.39 is 0 Å². The lowest BCUT2D eigenvalue weighted by Crippen LogP contribution is -2.14. The summed E-state index contributed by atoms with van der Waals surface area (Å²) in [5.41, 5.74) is 1.79. The zero-order chi connectivity index (χ0) is 15.2. The summed E-state index contributed by atoms with van der Waals surface area (Å²) in [5, 5.41) is 3.78. The summed E-state index contributed by atoms with van der Waals surface area (Å²) in [6, 6.07) is 13.0. The van der Waals surface area contributed by atoms with Gasteiger partial charge in [-0.2, -0.15) is 0 Å². The Morgan fingerprint density at radius 3 is 2.33 bits per heavy atom. The minimum atomic E-state index is -0.0737. The second-order valence-corrected chi connectivity index (χ2v) is 7.10. The van der Waals surface area contributed by atoms with Crippen LogP contribution in [0.3, 0.4) is 0 Å². The topological polar surface area (TPSA) is 29.1 Å². The van der Waals surface area contributed by atoms with Gasteiger partial charge < -0.3 is 5.32 Å². The standard InChI is InChI=1S/C15H12BrCl2NOS/c16-11-3-1-10(2-4-11)8-21-9-15(20)19-14-6-12(17)5-13(18)7-14/h1-7H,8-9H2,(H,19,20). The van der Waals surface area contributed by atoms with Crippen LogP contribution in [0.15, 0.2) is 46.9 Å². The first-order valence-corrected chi connectivity index (χ1v) is 8.81. The number of carbonyl (C=O) groups excluding carboxylic acids is 1. The number of hydrogen-bond acceptors (Lipinski definition) is 2. The van der Waals surface area contributed by atoms with Crippen molar-refractivity contribution in [3.8, 4) is 0 Å². The zero-order valence-corrected chi connectivity index (χ0v) is 14.8. The monoisotopic (exact) mass is 403 g/mol. The molecule has 2 aromatic rings. The number of hydrogen-bond donors (Lipinski definition) is 1. The van der Waals surface area contributed by atoms with Gasteiger partial charge in [0, 0.05) is 26.0 Å². The maximum absolute atomic E-state index is 11.9. The summed E-state index contributed by atoms with van der Waals surface area (Å²) in [6.45, 7) is 0. The van der Waals surface area contributed by atoms with Gasteiger partial charge >= 0.3 is 0 Å². The maximum atomic E-state index is 11.9. The highest BCUT2D eigenvalue weighted by atomic mass is 79.9. The lowest BCUT2D eigenvalue weighted by atomic mass is 10.2. The Bertz CT molecular complexity index is 614. The third-order valence-corrected chi connectivity index (χ3v) is 4.53. The quantitative estimate of drug-likeness (QED) is 0.699. The third kappa shape index (κ3) is 5.91. The molecule has 0 fully saturated rings. The largest absolute Gasteiger partial charge is 0.325 e. The molecule has 2 rings (SSSR count). The first-order chi connectivity index (χ1) is 10.0. The van der Waals surface area contributed by atoms with E-state index in [0.717, 1.165) is 10.2 Å². The van der Waals surface area contributed by atoms with Gasteiger partial charge in [-0.05, 0) is 35.9 Å². The van der Waals surface area contributed by atoms with Gasteiger partial charge in [0.05, 0.1) is 5.75 Å². The van der Waals surface area contributed by atoms with E-state index in [2.05, 4.69) is 21.2 Å². The van der Waals surface area contributed by atoms with Crippen LogP contribution >= 0.6 is 50.9 Å². The predicted molar refractivity (Wildman–Crippen MR) is 95.4 cm³/mol. The van der Waals surface area contributed by atoms with Crippen LogP contribution in [-0.2, 0) is 10.5 Å². The van der Waals surface area contributed by atoms with E-state index in [1.165, 1.54) is 5.56 Å². The number of rotatable bonds is 5. The van der Waals surface area contributed by atoms with Crippen molar-refractivity contribution in [2.75, 3.05) is 11.1 Å². The average Bonchev–Trinajstić information content (AvgIpc) is 2.39. The normalized spacial score (nSPS) is 10.4. The van der Waals surface area contributed by atoms with Crippen LogP contribution in [0.1, 0.15) is 5.56 Å². The second-order valence-electron chi connectivity index (χ2n) is 4.33. The van der Waals surface area contributed by atoms with Crippen molar-refractivity contribution >= 4 is 62.5 Å². The summed E-state index contributed by atoms with van der Waals surface area (Å²) in [4.78, 5) is 11.9. The van der Waals surface area contributed by atoms with Crippen LogP contribution in [0, 0.1) is 0 Å². The van der Waals surface area contributed by atoms with Crippen LogP contribution in [0.2, 0.25) is 10.0 Å². The summed E-state index contributed by atoms with van der Waals surface area (Å²) >= 11 is 16.7. The molecule has 2 aromatic carbocycles. The molecule has 2 nitrogen and oxygen atoms in total. The molecule has 0 unspecified atom stereocenters. The number of nitrogens with one attached hydrogen (secondary N) is 1. The lowest BCUT2D eigenvalue weighted by molar-refractivity contribution is -0.113. The van der Waals surface area contributed by atoms with Gasteiger partial charge in [0.1, 0.15) is 0 Å². The van der Waals surface area contributed by atoms with Crippen LogP contribution < -0.4 is 5.32 Å². The van der Waals surface area contributed by atoms with E-state index >= 15 is 0 Å². The smallest absolute Gasteiger partial charge is 0.234 e. The Labute approximate surface area is 146 Å². The molecule has 0 heterocycles. The van der Waals surface area contributed by atoms with E-state index in [1.807, 2.05) is 24.3 Å². The number of carbonyl (C=O) groups is 1. The molecule has 1 amide bonds. The fourth-order valence-corrected chi connectivity index (χ4v) is 3.24. The van der Waals surface area contributed by atoms with Crippen molar-refractivity contribution < 1.29 is 4.79 Å². The van der Waals surface area contributed by atoms with Crippen LogP contribution in [0.25, 0.3) is 0 Å². The van der Waals surface area contributed by atoms with E-state index in [-0.39, 0.29) is 5.91 Å². The van der Waals surface area contributed by atoms with Crippen molar-refractivity contribution in [1.82, 2.24) is 0 Å². The molecule has 110 valence electrons. The molecule has 21 heavy (non-hydrogen) atoms. The van der Waals surface area contributed by atoms with Gasteiger partial charge in [-0.15, -0.1) is 11.8 Å². The Morgan fingerprint density at radius 2 is 1.71 bits per heavy atom. The number of benzene rings is 2. The molecule has 0 aliphatic rings. The Morgan fingerprint density at radius 1 is 1.10 bits per heavy atom. The van der Waals surface area contributed by atoms with E-state index in [9.17, 15) is 4.79 Å². The summed E-state index contributed by atoms with van der Waals surface area (Å²) in [6.07, 6.45) is 0. The molecule has 6 heteroatoms. The molecule has 1 N–H and O–H groups in total. The Hall–Kier alpha value is -0.680. The molecule has 0 aromatic heterocycles. The number of amides is 1. The molecule has 0 aliphatic heterocycles. The van der Waals surface area contributed by atoms with Gasteiger partial charge in [0.25, 0.3) is 0 Å². The molecule has 0 aliphatic carbocycles. The average molecular weight is 405 g/mol. The highest BCUT2D eigenvalue weighted by Gasteiger charge is 2.05.